The lowest BCUT2D eigenvalue weighted by molar-refractivity contribution is -0.119. The highest BCUT2D eigenvalue weighted by Gasteiger charge is 2.24. The number of nitrogens with two attached hydrogens (primary N) is 1. The van der Waals surface area contributed by atoms with Crippen molar-refractivity contribution in [1.29, 1.82) is 0 Å². The molecule has 1 unspecified atom stereocenters. The second-order valence-corrected chi connectivity index (χ2v) is 7.14. The molecule has 2 heterocycles. The average molecular weight is 324 g/mol. The summed E-state index contributed by atoms with van der Waals surface area (Å²) in [6.45, 7) is 5.97. The van der Waals surface area contributed by atoms with Crippen molar-refractivity contribution >= 4 is 23.3 Å². The summed E-state index contributed by atoms with van der Waals surface area (Å²) in [4.78, 5) is 30.6. The molecule has 3 amide bonds. The first-order valence-electron chi connectivity index (χ1n) is 7.69. The van der Waals surface area contributed by atoms with Gasteiger partial charge >= 0.3 is 6.03 Å². The predicted octanol–water partition coefficient (Wildman–Crippen LogP) is 1.60. The average Bonchev–Trinajstić information content (AvgIpc) is 2.76. The molecular weight excluding hydrogens is 300 g/mol. The monoisotopic (exact) mass is 324 g/mol. The van der Waals surface area contributed by atoms with Crippen LogP contribution in [0, 0.1) is 19.8 Å². The second-order valence-electron chi connectivity index (χ2n) is 5.85. The van der Waals surface area contributed by atoms with Crippen molar-refractivity contribution in [2.24, 2.45) is 11.7 Å². The van der Waals surface area contributed by atoms with E-state index in [1.165, 1.54) is 4.88 Å². The molecule has 1 aromatic rings. The zero-order chi connectivity index (χ0) is 16.1. The molecule has 0 radical (unpaired) electrons. The molecule has 0 spiro atoms. The fraction of sp³-hybridized carbons (Fsp3) is 0.667. The molecular formula is C15H24N4O2S. The minimum atomic E-state index is -0.289. The number of carbonyl (C=O) groups excluding carboxylic acids is 2. The lowest BCUT2D eigenvalue weighted by Crippen LogP contribution is -2.46. The van der Waals surface area contributed by atoms with Gasteiger partial charge in [-0.1, -0.05) is 0 Å². The third-order valence-corrected chi connectivity index (χ3v) is 5.06. The van der Waals surface area contributed by atoms with E-state index in [9.17, 15) is 9.59 Å². The SMILES string of the molecule is Cc1nc(C)c(CCNC(=O)N2CCCC(CC(N)=O)C2)s1. The lowest BCUT2D eigenvalue weighted by Gasteiger charge is -2.32. The summed E-state index contributed by atoms with van der Waals surface area (Å²) >= 11 is 1.68. The van der Waals surface area contributed by atoms with Crippen LogP contribution in [0.5, 0.6) is 0 Å². The number of aromatic nitrogens is 1. The Morgan fingerprint density at radius 3 is 2.86 bits per heavy atom. The summed E-state index contributed by atoms with van der Waals surface area (Å²) in [6, 6.07) is -0.0481. The van der Waals surface area contributed by atoms with Gasteiger partial charge < -0.3 is 16.0 Å². The Labute approximate surface area is 135 Å². The molecule has 1 aliphatic heterocycles. The largest absolute Gasteiger partial charge is 0.370 e. The number of primary amides is 1. The predicted molar refractivity (Wildman–Crippen MR) is 86.8 cm³/mol. The lowest BCUT2D eigenvalue weighted by atomic mass is 9.95. The van der Waals surface area contributed by atoms with Gasteiger partial charge in [-0.3, -0.25) is 4.79 Å². The van der Waals surface area contributed by atoms with Gasteiger partial charge in [-0.15, -0.1) is 11.3 Å². The van der Waals surface area contributed by atoms with Crippen LogP contribution in [0.1, 0.15) is 34.8 Å². The number of nitrogens with one attached hydrogen (secondary N) is 1. The van der Waals surface area contributed by atoms with Gasteiger partial charge in [0.05, 0.1) is 10.7 Å². The van der Waals surface area contributed by atoms with Crippen molar-refractivity contribution in [3.8, 4) is 0 Å². The van der Waals surface area contributed by atoms with Crippen molar-refractivity contribution < 1.29 is 9.59 Å². The van der Waals surface area contributed by atoms with Gasteiger partial charge in [0.25, 0.3) is 0 Å². The Bertz CT molecular complexity index is 544. The number of thiazole rings is 1. The van der Waals surface area contributed by atoms with Crippen molar-refractivity contribution in [1.82, 2.24) is 15.2 Å². The number of urea groups is 1. The second kappa shape index (κ2) is 7.58. The summed E-state index contributed by atoms with van der Waals surface area (Å²) in [7, 11) is 0. The molecule has 0 bridgehead atoms. The van der Waals surface area contributed by atoms with Gasteiger partial charge in [0, 0.05) is 37.4 Å². The number of likely N-dealkylation sites (tertiary alicyclic amines) is 1. The number of rotatable bonds is 5. The van der Waals surface area contributed by atoms with E-state index < -0.39 is 0 Å². The molecule has 122 valence electrons. The zero-order valence-corrected chi connectivity index (χ0v) is 14.0. The standard InChI is InChI=1S/C15H24N4O2S/c1-10-13(22-11(2)18-10)5-6-17-15(21)19-7-3-4-12(9-19)8-14(16)20/h12H,3-9H2,1-2H3,(H2,16,20)(H,17,21). The number of amides is 3. The van der Waals surface area contributed by atoms with Gasteiger partial charge in [-0.05, 0) is 32.6 Å². The fourth-order valence-corrected chi connectivity index (χ4v) is 3.84. The van der Waals surface area contributed by atoms with E-state index in [1.807, 2.05) is 13.8 Å². The van der Waals surface area contributed by atoms with Crippen molar-refractivity contribution in [3.63, 3.8) is 0 Å². The van der Waals surface area contributed by atoms with Crippen LogP contribution in [-0.4, -0.2) is 41.5 Å². The van der Waals surface area contributed by atoms with E-state index in [4.69, 9.17) is 5.73 Å². The van der Waals surface area contributed by atoms with Crippen molar-refractivity contribution in [3.05, 3.63) is 15.6 Å². The number of hydrogen-bond donors (Lipinski definition) is 2. The first-order chi connectivity index (χ1) is 10.5. The summed E-state index contributed by atoms with van der Waals surface area (Å²) < 4.78 is 0. The quantitative estimate of drug-likeness (QED) is 0.862. The minimum Gasteiger partial charge on any atom is -0.370 e. The molecule has 1 atom stereocenters. The Morgan fingerprint density at radius 1 is 1.45 bits per heavy atom. The topological polar surface area (TPSA) is 88.3 Å². The molecule has 2 rings (SSSR count). The Hall–Kier alpha value is -1.63. The van der Waals surface area contributed by atoms with Crippen LogP contribution in [0.2, 0.25) is 0 Å². The summed E-state index contributed by atoms with van der Waals surface area (Å²) in [6.07, 6.45) is 3.06. The maximum Gasteiger partial charge on any atom is 0.317 e. The van der Waals surface area contributed by atoms with Gasteiger partial charge in [0.2, 0.25) is 5.91 Å². The first kappa shape index (κ1) is 16.7. The van der Waals surface area contributed by atoms with Crippen LogP contribution in [0.4, 0.5) is 4.79 Å². The van der Waals surface area contributed by atoms with Gasteiger partial charge in [0.15, 0.2) is 0 Å². The van der Waals surface area contributed by atoms with E-state index in [0.717, 1.165) is 36.5 Å². The zero-order valence-electron chi connectivity index (χ0n) is 13.2. The van der Waals surface area contributed by atoms with E-state index in [-0.39, 0.29) is 17.9 Å². The molecule has 3 N–H and O–H groups in total. The Kier molecular flexibility index (Phi) is 5.76. The van der Waals surface area contributed by atoms with Crippen LogP contribution in [-0.2, 0) is 11.2 Å². The summed E-state index contributed by atoms with van der Waals surface area (Å²) in [5, 5.41) is 4.02. The maximum atomic E-state index is 12.2. The summed E-state index contributed by atoms with van der Waals surface area (Å²) in [5.41, 5.74) is 6.29. The molecule has 0 saturated carbocycles. The van der Waals surface area contributed by atoms with E-state index in [2.05, 4.69) is 10.3 Å². The highest BCUT2D eigenvalue weighted by molar-refractivity contribution is 7.11. The number of hydrogen-bond acceptors (Lipinski definition) is 4. The molecule has 7 heteroatoms. The number of piperidine rings is 1. The highest BCUT2D eigenvalue weighted by Crippen LogP contribution is 2.20. The third-order valence-electron chi connectivity index (χ3n) is 3.92. The normalized spacial score (nSPS) is 18.3. The number of nitrogens with zero attached hydrogens (tertiary/aromatic N) is 2. The number of carbonyl (C=O) groups is 2. The molecule has 22 heavy (non-hydrogen) atoms. The molecule has 6 nitrogen and oxygen atoms in total. The molecule has 0 aromatic carbocycles. The van der Waals surface area contributed by atoms with Crippen LogP contribution in [0.15, 0.2) is 0 Å². The number of aryl methyl sites for hydroxylation is 2. The van der Waals surface area contributed by atoms with Crippen LogP contribution >= 0.6 is 11.3 Å². The molecule has 0 aliphatic carbocycles. The molecule has 1 aromatic heterocycles. The van der Waals surface area contributed by atoms with Crippen molar-refractivity contribution in [2.45, 2.75) is 39.5 Å². The Balaban J connectivity index is 1.77. The van der Waals surface area contributed by atoms with Crippen LogP contribution in [0.3, 0.4) is 0 Å². The molecule has 1 saturated heterocycles. The smallest absolute Gasteiger partial charge is 0.317 e. The highest BCUT2D eigenvalue weighted by atomic mass is 32.1. The van der Waals surface area contributed by atoms with Crippen LogP contribution in [0.25, 0.3) is 0 Å². The van der Waals surface area contributed by atoms with E-state index in [1.54, 1.807) is 16.2 Å². The summed E-state index contributed by atoms with van der Waals surface area (Å²) in [5.74, 6) is -0.0910. The van der Waals surface area contributed by atoms with Gasteiger partial charge in [-0.2, -0.15) is 0 Å². The van der Waals surface area contributed by atoms with Gasteiger partial charge in [-0.25, -0.2) is 9.78 Å². The Morgan fingerprint density at radius 2 is 2.23 bits per heavy atom. The maximum absolute atomic E-state index is 12.2. The first-order valence-corrected chi connectivity index (χ1v) is 8.51. The molecule has 1 aliphatic rings. The molecule has 1 fully saturated rings. The fourth-order valence-electron chi connectivity index (χ4n) is 2.90. The third kappa shape index (κ3) is 4.69. The minimum absolute atomic E-state index is 0.0481. The van der Waals surface area contributed by atoms with Crippen molar-refractivity contribution in [2.75, 3.05) is 19.6 Å². The van der Waals surface area contributed by atoms with E-state index in [0.29, 0.717) is 19.5 Å². The van der Waals surface area contributed by atoms with Crippen LogP contribution < -0.4 is 11.1 Å². The van der Waals surface area contributed by atoms with E-state index >= 15 is 0 Å². The van der Waals surface area contributed by atoms with Gasteiger partial charge in [0.1, 0.15) is 0 Å².